The number of para-hydroxylation sites is 1. The Balaban J connectivity index is 1.38. The molecule has 0 unspecified atom stereocenters. The first kappa shape index (κ1) is 18.0. The highest BCUT2D eigenvalue weighted by Crippen LogP contribution is 2.19. The van der Waals surface area contributed by atoms with Crippen molar-refractivity contribution in [2.45, 2.75) is 6.54 Å². The fourth-order valence-electron chi connectivity index (χ4n) is 3.22. The quantitative estimate of drug-likeness (QED) is 0.700. The summed E-state index contributed by atoms with van der Waals surface area (Å²) >= 11 is 0. The van der Waals surface area contributed by atoms with Crippen LogP contribution in [0.2, 0.25) is 0 Å². The molecule has 0 aliphatic carbocycles. The summed E-state index contributed by atoms with van der Waals surface area (Å²) in [7, 11) is 1.67. The molecule has 0 amide bonds. The summed E-state index contributed by atoms with van der Waals surface area (Å²) in [5.74, 6) is 3.20. The van der Waals surface area contributed by atoms with E-state index >= 15 is 0 Å². The standard InChI is InChI=1S/C20H23N7O/c1-28-17-7-3-2-6-16(17)14-22-18-15-23-25-20(24-18)27-12-10-26(11-13-27)19-8-4-5-9-21-19/h2-9,15H,10-14H2,1H3,(H,22,24,25). The van der Waals surface area contributed by atoms with Crippen molar-refractivity contribution in [3.8, 4) is 5.75 Å². The van der Waals surface area contributed by atoms with E-state index in [0.29, 0.717) is 18.3 Å². The number of benzene rings is 1. The van der Waals surface area contributed by atoms with E-state index in [1.807, 2.05) is 48.7 Å². The van der Waals surface area contributed by atoms with Gasteiger partial charge in [0.2, 0.25) is 5.95 Å². The molecule has 28 heavy (non-hydrogen) atoms. The number of nitrogens with zero attached hydrogens (tertiary/aromatic N) is 6. The van der Waals surface area contributed by atoms with Crippen LogP contribution in [0, 0.1) is 0 Å². The van der Waals surface area contributed by atoms with Gasteiger partial charge in [0.1, 0.15) is 11.6 Å². The molecule has 0 atom stereocenters. The van der Waals surface area contributed by atoms with Crippen molar-refractivity contribution >= 4 is 17.6 Å². The van der Waals surface area contributed by atoms with Crippen LogP contribution >= 0.6 is 0 Å². The van der Waals surface area contributed by atoms with Gasteiger partial charge in [-0.05, 0) is 18.2 Å². The Morgan fingerprint density at radius 2 is 1.79 bits per heavy atom. The van der Waals surface area contributed by atoms with Crippen molar-refractivity contribution in [3.63, 3.8) is 0 Å². The van der Waals surface area contributed by atoms with Crippen LogP contribution in [-0.4, -0.2) is 53.5 Å². The smallest absolute Gasteiger partial charge is 0.247 e. The first-order chi connectivity index (χ1) is 13.8. The summed E-state index contributed by atoms with van der Waals surface area (Å²) in [5.41, 5.74) is 1.06. The van der Waals surface area contributed by atoms with E-state index in [9.17, 15) is 0 Å². The van der Waals surface area contributed by atoms with Gasteiger partial charge >= 0.3 is 0 Å². The van der Waals surface area contributed by atoms with Gasteiger partial charge in [-0.25, -0.2) is 4.98 Å². The van der Waals surface area contributed by atoms with E-state index in [2.05, 4.69) is 35.3 Å². The van der Waals surface area contributed by atoms with Crippen molar-refractivity contribution < 1.29 is 4.74 Å². The SMILES string of the molecule is COc1ccccc1CNc1cnnc(N2CCN(c3ccccn3)CC2)n1. The third-order valence-corrected chi connectivity index (χ3v) is 4.74. The van der Waals surface area contributed by atoms with Crippen LogP contribution in [0.4, 0.5) is 17.6 Å². The highest BCUT2D eigenvalue weighted by molar-refractivity contribution is 5.44. The minimum absolute atomic E-state index is 0.607. The molecule has 1 aliphatic heterocycles. The molecular weight excluding hydrogens is 354 g/mol. The molecule has 1 fully saturated rings. The van der Waals surface area contributed by atoms with Crippen LogP contribution in [0.25, 0.3) is 0 Å². The Kier molecular flexibility index (Phi) is 5.46. The summed E-state index contributed by atoms with van der Waals surface area (Å²) in [4.78, 5) is 13.5. The lowest BCUT2D eigenvalue weighted by Crippen LogP contribution is -2.47. The number of methoxy groups -OCH3 is 1. The Morgan fingerprint density at radius 3 is 2.57 bits per heavy atom. The number of ether oxygens (including phenoxy) is 1. The highest BCUT2D eigenvalue weighted by Gasteiger charge is 2.20. The van der Waals surface area contributed by atoms with Crippen LogP contribution in [-0.2, 0) is 6.54 Å². The van der Waals surface area contributed by atoms with Crippen molar-refractivity contribution in [2.24, 2.45) is 0 Å². The maximum atomic E-state index is 5.39. The predicted molar refractivity (Wildman–Crippen MR) is 109 cm³/mol. The topological polar surface area (TPSA) is 79.3 Å². The number of piperazine rings is 1. The van der Waals surface area contributed by atoms with Crippen LogP contribution in [0.15, 0.2) is 54.9 Å². The molecule has 3 aromatic rings. The molecule has 8 nitrogen and oxygen atoms in total. The van der Waals surface area contributed by atoms with E-state index in [1.54, 1.807) is 13.3 Å². The Bertz CT molecular complexity index is 898. The van der Waals surface area contributed by atoms with Gasteiger partial charge in [-0.15, -0.1) is 5.10 Å². The molecule has 1 N–H and O–H groups in total. The fraction of sp³-hybridized carbons (Fsp3) is 0.300. The molecule has 0 spiro atoms. The monoisotopic (exact) mass is 377 g/mol. The van der Waals surface area contributed by atoms with Gasteiger partial charge in [0.05, 0.1) is 13.3 Å². The van der Waals surface area contributed by atoms with E-state index in [0.717, 1.165) is 43.3 Å². The minimum Gasteiger partial charge on any atom is -0.496 e. The molecule has 1 aromatic carbocycles. The first-order valence-corrected chi connectivity index (χ1v) is 9.30. The number of nitrogens with one attached hydrogen (secondary N) is 1. The number of hydrogen-bond donors (Lipinski definition) is 1. The third kappa shape index (κ3) is 4.11. The maximum Gasteiger partial charge on any atom is 0.247 e. The van der Waals surface area contributed by atoms with Crippen LogP contribution < -0.4 is 19.9 Å². The number of rotatable bonds is 6. The normalized spacial score (nSPS) is 14.0. The van der Waals surface area contributed by atoms with E-state index < -0.39 is 0 Å². The molecule has 8 heteroatoms. The molecule has 1 saturated heterocycles. The van der Waals surface area contributed by atoms with Crippen LogP contribution in [0.3, 0.4) is 0 Å². The molecule has 1 aliphatic rings. The number of aromatic nitrogens is 4. The lowest BCUT2D eigenvalue weighted by molar-refractivity contribution is 0.410. The van der Waals surface area contributed by atoms with Gasteiger partial charge in [0, 0.05) is 44.5 Å². The largest absolute Gasteiger partial charge is 0.496 e. The van der Waals surface area contributed by atoms with Gasteiger partial charge in [0.25, 0.3) is 0 Å². The molecule has 0 saturated carbocycles. The summed E-state index contributed by atoms with van der Waals surface area (Å²) in [5, 5.41) is 11.6. The molecule has 0 radical (unpaired) electrons. The van der Waals surface area contributed by atoms with Crippen LogP contribution in [0.1, 0.15) is 5.56 Å². The van der Waals surface area contributed by atoms with Crippen molar-refractivity contribution in [1.29, 1.82) is 0 Å². The summed E-state index contributed by atoms with van der Waals surface area (Å²) in [6.07, 6.45) is 3.47. The Morgan fingerprint density at radius 1 is 1.00 bits per heavy atom. The first-order valence-electron chi connectivity index (χ1n) is 9.30. The van der Waals surface area contributed by atoms with Gasteiger partial charge in [-0.1, -0.05) is 24.3 Å². The van der Waals surface area contributed by atoms with Crippen LogP contribution in [0.5, 0.6) is 5.75 Å². The average Bonchev–Trinajstić information content (AvgIpc) is 2.79. The number of pyridine rings is 1. The van der Waals surface area contributed by atoms with Gasteiger partial charge in [-0.3, -0.25) is 0 Å². The van der Waals surface area contributed by atoms with Crippen molar-refractivity contribution in [2.75, 3.05) is 48.4 Å². The lowest BCUT2D eigenvalue weighted by atomic mass is 10.2. The molecule has 3 heterocycles. The average molecular weight is 377 g/mol. The summed E-state index contributed by atoms with van der Waals surface area (Å²) < 4.78 is 5.39. The summed E-state index contributed by atoms with van der Waals surface area (Å²) in [6, 6.07) is 13.9. The second kappa shape index (κ2) is 8.51. The molecule has 4 rings (SSSR count). The van der Waals surface area contributed by atoms with Crippen molar-refractivity contribution in [3.05, 3.63) is 60.4 Å². The Hall–Kier alpha value is -3.42. The highest BCUT2D eigenvalue weighted by atomic mass is 16.5. The fourth-order valence-corrected chi connectivity index (χ4v) is 3.22. The van der Waals surface area contributed by atoms with Gasteiger partial charge in [0.15, 0.2) is 5.82 Å². The lowest BCUT2D eigenvalue weighted by Gasteiger charge is -2.35. The zero-order valence-electron chi connectivity index (χ0n) is 15.8. The second-order valence-electron chi connectivity index (χ2n) is 6.47. The van der Waals surface area contributed by atoms with E-state index in [1.165, 1.54) is 0 Å². The van der Waals surface area contributed by atoms with Gasteiger partial charge in [-0.2, -0.15) is 10.1 Å². The molecule has 144 valence electrons. The molecular formula is C20H23N7O. The van der Waals surface area contributed by atoms with Gasteiger partial charge < -0.3 is 19.9 Å². The maximum absolute atomic E-state index is 5.39. The number of hydrogen-bond acceptors (Lipinski definition) is 8. The zero-order valence-corrected chi connectivity index (χ0v) is 15.8. The predicted octanol–water partition coefficient (Wildman–Crippen LogP) is 2.21. The second-order valence-corrected chi connectivity index (χ2v) is 6.47. The van der Waals surface area contributed by atoms with E-state index in [-0.39, 0.29) is 0 Å². The van der Waals surface area contributed by atoms with E-state index in [4.69, 9.17) is 4.74 Å². The third-order valence-electron chi connectivity index (χ3n) is 4.74. The van der Waals surface area contributed by atoms with Crippen molar-refractivity contribution in [1.82, 2.24) is 20.2 Å². The Labute approximate surface area is 164 Å². The minimum atomic E-state index is 0.607. The molecule has 0 bridgehead atoms. The molecule has 2 aromatic heterocycles. The summed E-state index contributed by atoms with van der Waals surface area (Å²) in [6.45, 7) is 4.01. The zero-order chi connectivity index (χ0) is 19.2. The number of anilines is 3.